The molecule has 1 aliphatic rings. The van der Waals surface area contributed by atoms with Gasteiger partial charge in [-0.1, -0.05) is 29.8 Å². The molecule has 0 saturated heterocycles. The van der Waals surface area contributed by atoms with Gasteiger partial charge < -0.3 is 4.90 Å². The summed E-state index contributed by atoms with van der Waals surface area (Å²) in [6.45, 7) is 2.86. The monoisotopic (exact) mass is 339 g/mol. The number of thiazole rings is 1. The van der Waals surface area contributed by atoms with Crippen molar-refractivity contribution in [2.75, 3.05) is 6.54 Å². The summed E-state index contributed by atoms with van der Waals surface area (Å²) in [6, 6.07) is 9.85. The molecule has 0 N–H and O–H groups in total. The van der Waals surface area contributed by atoms with Crippen LogP contribution >= 0.6 is 22.9 Å². The van der Waals surface area contributed by atoms with Gasteiger partial charge in [0, 0.05) is 28.7 Å². The summed E-state index contributed by atoms with van der Waals surface area (Å²) in [5.41, 5.74) is 3.33. The number of hydrogen-bond acceptors (Lipinski definition) is 4. The number of rotatable bonds is 3. The first-order chi connectivity index (χ1) is 11.2. The van der Waals surface area contributed by atoms with Crippen LogP contribution in [0.1, 0.15) is 11.9 Å². The number of aromatic nitrogens is 1. The largest absolute Gasteiger partial charge is 0.347 e. The number of benzene rings is 1. The summed E-state index contributed by atoms with van der Waals surface area (Å²) in [5.74, 6) is 0. The smallest absolute Gasteiger partial charge is 0.136 e. The topological polar surface area (TPSA) is 39.9 Å². The first-order valence-corrected chi connectivity index (χ1v) is 8.46. The van der Waals surface area contributed by atoms with Gasteiger partial charge in [-0.2, -0.15) is 5.26 Å². The van der Waals surface area contributed by atoms with Crippen LogP contribution in [0.4, 0.5) is 0 Å². The molecule has 0 bridgehead atoms. The zero-order valence-electron chi connectivity index (χ0n) is 12.5. The molecule has 0 radical (unpaired) electrons. The Morgan fingerprint density at radius 3 is 2.78 bits per heavy atom. The van der Waals surface area contributed by atoms with E-state index in [1.165, 1.54) is 11.3 Å². The fourth-order valence-electron chi connectivity index (χ4n) is 2.34. The fourth-order valence-corrected chi connectivity index (χ4v) is 3.29. The lowest BCUT2D eigenvalue weighted by atomic mass is 10.1. The molecule has 3 nitrogen and oxygen atoms in total. The van der Waals surface area contributed by atoms with Gasteiger partial charge in [-0.3, -0.25) is 0 Å². The Balaban J connectivity index is 2.01. The lowest BCUT2D eigenvalue weighted by Gasteiger charge is -2.22. The highest BCUT2D eigenvalue weighted by atomic mass is 35.5. The number of hydrogen-bond donors (Lipinski definition) is 0. The molecule has 0 unspecified atom stereocenters. The van der Waals surface area contributed by atoms with Crippen molar-refractivity contribution < 1.29 is 0 Å². The quantitative estimate of drug-likeness (QED) is 0.730. The number of likely N-dealkylation sites (N-methyl/N-ethyl adjacent to an activating group) is 1. The van der Waals surface area contributed by atoms with Gasteiger partial charge in [0.05, 0.1) is 11.4 Å². The molecule has 1 aromatic carbocycles. The van der Waals surface area contributed by atoms with Crippen LogP contribution in [0.5, 0.6) is 0 Å². The molecule has 0 aliphatic carbocycles. The van der Waals surface area contributed by atoms with Crippen LogP contribution in [0.15, 0.2) is 59.8 Å². The number of halogens is 1. The standard InChI is InChI=1S/C18H14ClN3S/c1-2-22-10-4-3-5-17(22)15(11-20)18-21-16(12-23-18)13-6-8-14(19)9-7-13/h3-10,12H,2H2,1H3. The van der Waals surface area contributed by atoms with Gasteiger partial charge in [0.2, 0.25) is 0 Å². The minimum Gasteiger partial charge on any atom is -0.347 e. The zero-order valence-corrected chi connectivity index (χ0v) is 14.1. The molecule has 2 heterocycles. The van der Waals surface area contributed by atoms with E-state index in [0.717, 1.165) is 28.5 Å². The third kappa shape index (κ3) is 3.21. The minimum atomic E-state index is 0.595. The second kappa shape index (κ2) is 6.82. The molecule has 0 saturated carbocycles. The molecule has 0 amide bonds. The average Bonchev–Trinajstić information content (AvgIpc) is 3.06. The Morgan fingerprint density at radius 1 is 1.30 bits per heavy atom. The van der Waals surface area contributed by atoms with Crippen LogP contribution in [0, 0.1) is 11.3 Å². The Kier molecular flexibility index (Phi) is 4.61. The van der Waals surface area contributed by atoms with E-state index in [4.69, 9.17) is 11.6 Å². The van der Waals surface area contributed by atoms with Crippen molar-refractivity contribution in [2.24, 2.45) is 0 Å². The molecular formula is C18H14ClN3S. The van der Waals surface area contributed by atoms with Gasteiger partial charge in [-0.25, -0.2) is 4.98 Å². The highest BCUT2D eigenvalue weighted by molar-refractivity contribution is 7.11. The van der Waals surface area contributed by atoms with Crippen molar-refractivity contribution in [3.8, 4) is 17.3 Å². The van der Waals surface area contributed by atoms with Gasteiger partial charge in [-0.15, -0.1) is 11.3 Å². The SMILES string of the molecule is CCN1C=CC=CC1=C(C#N)c1nc(-c2ccc(Cl)cc2)cs1. The Morgan fingerprint density at radius 2 is 2.09 bits per heavy atom. The highest BCUT2D eigenvalue weighted by Crippen LogP contribution is 2.30. The third-order valence-electron chi connectivity index (χ3n) is 3.51. The van der Waals surface area contributed by atoms with E-state index in [-0.39, 0.29) is 0 Å². The van der Waals surface area contributed by atoms with E-state index in [1.807, 2.05) is 59.0 Å². The van der Waals surface area contributed by atoms with E-state index in [9.17, 15) is 5.26 Å². The number of nitriles is 1. The third-order valence-corrected chi connectivity index (χ3v) is 4.62. The first kappa shape index (κ1) is 15.5. The van der Waals surface area contributed by atoms with Gasteiger partial charge in [0.25, 0.3) is 0 Å². The lowest BCUT2D eigenvalue weighted by Crippen LogP contribution is -2.17. The molecule has 5 heteroatoms. The van der Waals surface area contributed by atoms with E-state index < -0.39 is 0 Å². The first-order valence-electron chi connectivity index (χ1n) is 7.20. The van der Waals surface area contributed by atoms with Crippen LogP contribution in [0.25, 0.3) is 16.8 Å². The van der Waals surface area contributed by atoms with Crippen LogP contribution in [0.3, 0.4) is 0 Å². The van der Waals surface area contributed by atoms with Crippen molar-refractivity contribution in [3.63, 3.8) is 0 Å². The molecule has 0 spiro atoms. The van der Waals surface area contributed by atoms with Crippen molar-refractivity contribution in [3.05, 3.63) is 69.8 Å². The van der Waals surface area contributed by atoms with Gasteiger partial charge in [0.1, 0.15) is 16.6 Å². The molecule has 0 atom stereocenters. The molecule has 1 aromatic heterocycles. The van der Waals surface area contributed by atoms with Crippen LogP contribution in [-0.2, 0) is 0 Å². The average molecular weight is 340 g/mol. The van der Waals surface area contributed by atoms with Crippen LogP contribution in [0.2, 0.25) is 5.02 Å². The fraction of sp³-hybridized carbons (Fsp3) is 0.111. The van der Waals surface area contributed by atoms with Gasteiger partial charge >= 0.3 is 0 Å². The summed E-state index contributed by atoms with van der Waals surface area (Å²) in [5, 5.41) is 13.0. The maximum atomic E-state index is 9.62. The number of allylic oxidation sites excluding steroid dienone is 4. The maximum absolute atomic E-state index is 9.62. The summed E-state index contributed by atoms with van der Waals surface area (Å²) in [4.78, 5) is 6.68. The minimum absolute atomic E-state index is 0.595. The molecular weight excluding hydrogens is 326 g/mol. The molecule has 2 aromatic rings. The predicted molar refractivity (Wildman–Crippen MR) is 95.8 cm³/mol. The Hall–Kier alpha value is -2.35. The lowest BCUT2D eigenvalue weighted by molar-refractivity contribution is 0.506. The van der Waals surface area contributed by atoms with E-state index >= 15 is 0 Å². The molecule has 0 fully saturated rings. The van der Waals surface area contributed by atoms with E-state index in [2.05, 4.69) is 18.0 Å². The maximum Gasteiger partial charge on any atom is 0.136 e. The van der Waals surface area contributed by atoms with Crippen LogP contribution in [-0.4, -0.2) is 16.4 Å². The van der Waals surface area contributed by atoms with Crippen molar-refractivity contribution in [1.29, 1.82) is 5.26 Å². The molecule has 1 aliphatic heterocycles. The number of nitrogens with zero attached hydrogens (tertiary/aromatic N) is 3. The Bertz CT molecular complexity index is 838. The highest BCUT2D eigenvalue weighted by Gasteiger charge is 2.16. The van der Waals surface area contributed by atoms with Crippen molar-refractivity contribution in [1.82, 2.24) is 9.88 Å². The molecule has 3 rings (SSSR count). The Labute approximate surface area is 144 Å². The summed E-state index contributed by atoms with van der Waals surface area (Å²) in [7, 11) is 0. The summed E-state index contributed by atoms with van der Waals surface area (Å²) < 4.78 is 0. The molecule has 114 valence electrons. The van der Waals surface area contributed by atoms with Crippen molar-refractivity contribution in [2.45, 2.75) is 6.92 Å². The van der Waals surface area contributed by atoms with E-state index in [0.29, 0.717) is 10.6 Å². The van der Waals surface area contributed by atoms with Crippen molar-refractivity contribution >= 4 is 28.5 Å². The molecule has 23 heavy (non-hydrogen) atoms. The van der Waals surface area contributed by atoms with Crippen LogP contribution < -0.4 is 0 Å². The second-order valence-electron chi connectivity index (χ2n) is 4.90. The predicted octanol–water partition coefficient (Wildman–Crippen LogP) is 5.10. The van der Waals surface area contributed by atoms with Gasteiger partial charge in [0.15, 0.2) is 0 Å². The summed E-state index contributed by atoms with van der Waals surface area (Å²) >= 11 is 7.40. The normalized spacial score (nSPS) is 15.6. The second-order valence-corrected chi connectivity index (χ2v) is 6.20. The van der Waals surface area contributed by atoms with E-state index in [1.54, 1.807) is 0 Å². The zero-order chi connectivity index (χ0) is 16.2. The summed E-state index contributed by atoms with van der Waals surface area (Å²) in [6.07, 6.45) is 7.82. The van der Waals surface area contributed by atoms with Gasteiger partial charge in [-0.05, 0) is 31.2 Å².